The van der Waals surface area contributed by atoms with Gasteiger partial charge in [-0.3, -0.25) is 9.59 Å². The highest BCUT2D eigenvalue weighted by Crippen LogP contribution is 2.26. The molecule has 0 aliphatic rings. The predicted octanol–water partition coefficient (Wildman–Crippen LogP) is 5.34. The lowest BCUT2D eigenvalue weighted by Crippen LogP contribution is -2.22. The third-order valence-corrected chi connectivity index (χ3v) is 5.16. The lowest BCUT2D eigenvalue weighted by molar-refractivity contribution is -0.115. The van der Waals surface area contributed by atoms with Crippen LogP contribution in [0.2, 0.25) is 0 Å². The molecule has 148 valence electrons. The Morgan fingerprint density at radius 2 is 1.45 bits per heavy atom. The van der Waals surface area contributed by atoms with Crippen molar-refractivity contribution in [3.05, 3.63) is 90.0 Å². The summed E-state index contributed by atoms with van der Waals surface area (Å²) in [5.74, 6) is -1.95. The van der Waals surface area contributed by atoms with Crippen molar-refractivity contribution in [1.82, 2.24) is 0 Å². The summed E-state index contributed by atoms with van der Waals surface area (Å²) in [5.41, 5.74) is 0.603. The van der Waals surface area contributed by atoms with Crippen LogP contribution >= 0.6 is 11.8 Å². The molecule has 0 aromatic heterocycles. The summed E-state index contributed by atoms with van der Waals surface area (Å²) in [6.07, 6.45) is 0. The zero-order valence-corrected chi connectivity index (χ0v) is 16.3. The molecule has 0 bridgehead atoms. The molecule has 1 atom stereocenters. The highest BCUT2D eigenvalue weighted by molar-refractivity contribution is 8.00. The molecule has 29 heavy (non-hydrogen) atoms. The van der Waals surface area contributed by atoms with E-state index >= 15 is 0 Å². The van der Waals surface area contributed by atoms with E-state index in [0.29, 0.717) is 5.69 Å². The van der Waals surface area contributed by atoms with Crippen LogP contribution in [0.4, 0.5) is 20.2 Å². The van der Waals surface area contributed by atoms with Crippen LogP contribution in [0.25, 0.3) is 0 Å². The molecule has 0 fully saturated rings. The number of para-hydroxylation sites is 1. The molecular weight excluding hydrogens is 394 g/mol. The number of benzene rings is 3. The number of halogens is 2. The van der Waals surface area contributed by atoms with Gasteiger partial charge in [0.15, 0.2) is 0 Å². The largest absolute Gasteiger partial charge is 0.323 e. The maximum atomic E-state index is 13.7. The van der Waals surface area contributed by atoms with Crippen molar-refractivity contribution in [1.29, 1.82) is 0 Å². The number of anilines is 2. The number of rotatable bonds is 6. The lowest BCUT2D eigenvalue weighted by atomic mass is 10.2. The Hall–Kier alpha value is -3.19. The van der Waals surface area contributed by atoms with E-state index in [9.17, 15) is 18.4 Å². The van der Waals surface area contributed by atoms with E-state index in [1.54, 1.807) is 49.4 Å². The van der Waals surface area contributed by atoms with Gasteiger partial charge in [0.25, 0.3) is 5.91 Å². The van der Waals surface area contributed by atoms with Gasteiger partial charge in [-0.1, -0.05) is 24.3 Å². The molecule has 4 nitrogen and oxygen atoms in total. The smallest absolute Gasteiger partial charge is 0.258 e. The van der Waals surface area contributed by atoms with Gasteiger partial charge >= 0.3 is 0 Å². The molecule has 0 saturated heterocycles. The Bertz CT molecular complexity index is 1030. The molecule has 3 aromatic carbocycles. The number of hydrogen-bond donors (Lipinski definition) is 2. The first kappa shape index (κ1) is 20.5. The van der Waals surface area contributed by atoms with E-state index in [2.05, 4.69) is 10.6 Å². The summed E-state index contributed by atoms with van der Waals surface area (Å²) in [5, 5.41) is 4.73. The van der Waals surface area contributed by atoms with E-state index in [1.807, 2.05) is 0 Å². The summed E-state index contributed by atoms with van der Waals surface area (Å²) in [7, 11) is 0. The number of carbonyl (C=O) groups is 2. The van der Waals surface area contributed by atoms with Crippen LogP contribution in [-0.2, 0) is 4.79 Å². The summed E-state index contributed by atoms with van der Waals surface area (Å²) in [4.78, 5) is 25.2. The Labute approximate surface area is 171 Å². The Kier molecular flexibility index (Phi) is 6.61. The molecule has 3 rings (SSSR count). The number of nitrogens with one attached hydrogen (secondary N) is 2. The molecule has 2 amide bonds. The van der Waals surface area contributed by atoms with Crippen molar-refractivity contribution in [2.24, 2.45) is 0 Å². The van der Waals surface area contributed by atoms with Gasteiger partial charge in [-0.2, -0.15) is 0 Å². The number of carbonyl (C=O) groups excluding carboxylic acids is 2. The van der Waals surface area contributed by atoms with E-state index < -0.39 is 22.8 Å². The van der Waals surface area contributed by atoms with Crippen molar-refractivity contribution in [3.8, 4) is 0 Å². The highest BCUT2D eigenvalue weighted by Gasteiger charge is 2.16. The fourth-order valence-electron chi connectivity index (χ4n) is 2.52. The summed E-state index contributed by atoms with van der Waals surface area (Å²) >= 11 is 1.30. The van der Waals surface area contributed by atoms with Crippen LogP contribution in [0.1, 0.15) is 17.3 Å². The Morgan fingerprint density at radius 3 is 2.10 bits per heavy atom. The first-order valence-electron chi connectivity index (χ1n) is 8.82. The Morgan fingerprint density at radius 1 is 0.828 bits per heavy atom. The van der Waals surface area contributed by atoms with Crippen LogP contribution < -0.4 is 10.6 Å². The first-order chi connectivity index (χ1) is 13.9. The quantitative estimate of drug-likeness (QED) is 0.538. The van der Waals surface area contributed by atoms with Crippen LogP contribution in [0.3, 0.4) is 0 Å². The zero-order valence-electron chi connectivity index (χ0n) is 15.5. The third-order valence-electron chi connectivity index (χ3n) is 4.04. The normalized spacial score (nSPS) is 11.6. The molecule has 1 unspecified atom stereocenters. The molecular formula is C22H18F2N2O2S. The zero-order chi connectivity index (χ0) is 20.8. The molecule has 0 aliphatic carbocycles. The van der Waals surface area contributed by atoms with Gasteiger partial charge in [0.1, 0.15) is 11.6 Å². The number of hydrogen-bond acceptors (Lipinski definition) is 3. The van der Waals surface area contributed by atoms with Gasteiger partial charge in [-0.15, -0.1) is 11.8 Å². The molecule has 0 spiro atoms. The summed E-state index contributed by atoms with van der Waals surface area (Å²) in [6, 6.07) is 18.5. The second kappa shape index (κ2) is 9.34. The van der Waals surface area contributed by atoms with Gasteiger partial charge in [-0.05, 0) is 55.5 Å². The van der Waals surface area contributed by atoms with E-state index in [-0.39, 0.29) is 17.2 Å². The minimum absolute atomic E-state index is 0.0376. The van der Waals surface area contributed by atoms with Crippen molar-refractivity contribution in [2.75, 3.05) is 10.6 Å². The fourth-order valence-corrected chi connectivity index (χ4v) is 3.38. The molecule has 0 radical (unpaired) electrons. The summed E-state index contributed by atoms with van der Waals surface area (Å²) in [6.45, 7) is 1.72. The minimum atomic E-state index is -0.591. The van der Waals surface area contributed by atoms with Gasteiger partial charge in [0.2, 0.25) is 5.91 Å². The van der Waals surface area contributed by atoms with Gasteiger partial charge < -0.3 is 10.6 Å². The van der Waals surface area contributed by atoms with E-state index in [0.717, 1.165) is 4.90 Å². The van der Waals surface area contributed by atoms with Crippen LogP contribution in [0.15, 0.2) is 77.7 Å². The third kappa shape index (κ3) is 5.42. The highest BCUT2D eigenvalue weighted by atomic mass is 32.2. The lowest BCUT2D eigenvalue weighted by Gasteiger charge is -2.13. The van der Waals surface area contributed by atoms with Gasteiger partial charge in [-0.25, -0.2) is 8.78 Å². The van der Waals surface area contributed by atoms with Crippen LogP contribution in [0.5, 0.6) is 0 Å². The van der Waals surface area contributed by atoms with Crippen LogP contribution in [0, 0.1) is 11.6 Å². The molecule has 2 N–H and O–H groups in total. The molecule has 0 saturated carbocycles. The predicted molar refractivity (Wildman–Crippen MR) is 111 cm³/mol. The van der Waals surface area contributed by atoms with Crippen LogP contribution in [-0.4, -0.2) is 17.1 Å². The van der Waals surface area contributed by atoms with Crippen molar-refractivity contribution < 1.29 is 18.4 Å². The number of amides is 2. The second-order valence-corrected chi connectivity index (χ2v) is 7.60. The van der Waals surface area contributed by atoms with Gasteiger partial charge in [0.05, 0.1) is 16.5 Å². The Balaban J connectivity index is 1.58. The first-order valence-corrected chi connectivity index (χ1v) is 9.70. The van der Waals surface area contributed by atoms with E-state index in [4.69, 9.17) is 0 Å². The maximum Gasteiger partial charge on any atom is 0.258 e. The number of thioether (sulfide) groups is 1. The average molecular weight is 412 g/mol. The average Bonchev–Trinajstić information content (AvgIpc) is 2.71. The minimum Gasteiger partial charge on any atom is -0.323 e. The molecule has 0 heterocycles. The summed E-state index contributed by atoms with van der Waals surface area (Å²) < 4.78 is 27.3. The fraction of sp³-hybridized carbons (Fsp3) is 0.0909. The monoisotopic (exact) mass is 412 g/mol. The van der Waals surface area contributed by atoms with Gasteiger partial charge in [0, 0.05) is 10.6 Å². The van der Waals surface area contributed by atoms with Crippen molar-refractivity contribution in [3.63, 3.8) is 0 Å². The molecule has 3 aromatic rings. The van der Waals surface area contributed by atoms with E-state index in [1.165, 1.54) is 42.1 Å². The standard InChI is InChI=1S/C22H18F2N2O2S/c1-14(21(27)26-20-9-5-4-8-19(20)24)29-16-12-10-15(11-13-16)25-22(28)17-6-2-3-7-18(17)23/h2-14H,1H3,(H,25,28)(H,26,27). The van der Waals surface area contributed by atoms with Crippen molar-refractivity contribution in [2.45, 2.75) is 17.1 Å². The SMILES string of the molecule is CC(Sc1ccc(NC(=O)c2ccccc2F)cc1)C(=O)Nc1ccccc1F. The topological polar surface area (TPSA) is 58.2 Å². The second-order valence-electron chi connectivity index (χ2n) is 6.19. The maximum absolute atomic E-state index is 13.7. The van der Waals surface area contributed by atoms with Crippen molar-refractivity contribution >= 4 is 35.0 Å². The molecule has 7 heteroatoms. The molecule has 0 aliphatic heterocycles.